The van der Waals surface area contributed by atoms with Crippen LogP contribution in [0.15, 0.2) is 41.4 Å². The standard InChI is InChI=1S/C21H22N2O4/c1-26-19-11-16-15-5-3-4-6-18(15)22-21(17(16)12-20(19)27-2)13-7-9-14(10-8-13)23(24)25/h7-12,15,18H,3-6H2,1-2H3/t15-,18-/m1/s1. The molecule has 1 aliphatic carbocycles. The third-order valence-electron chi connectivity index (χ3n) is 5.59. The van der Waals surface area contributed by atoms with E-state index in [1.54, 1.807) is 26.4 Å². The number of rotatable bonds is 4. The van der Waals surface area contributed by atoms with Crippen molar-refractivity contribution in [3.63, 3.8) is 0 Å². The third kappa shape index (κ3) is 3.05. The average Bonchev–Trinajstić information content (AvgIpc) is 2.72. The van der Waals surface area contributed by atoms with Gasteiger partial charge in [0.1, 0.15) is 0 Å². The minimum Gasteiger partial charge on any atom is -0.493 e. The van der Waals surface area contributed by atoms with Gasteiger partial charge in [0.25, 0.3) is 5.69 Å². The Balaban J connectivity index is 1.86. The lowest BCUT2D eigenvalue weighted by molar-refractivity contribution is -0.384. The molecule has 0 aromatic heterocycles. The second kappa shape index (κ2) is 7.02. The van der Waals surface area contributed by atoms with Crippen LogP contribution in [0.4, 0.5) is 5.69 Å². The number of nitro benzene ring substituents is 1. The number of ether oxygens (including phenoxy) is 2. The van der Waals surface area contributed by atoms with E-state index in [2.05, 4.69) is 6.07 Å². The van der Waals surface area contributed by atoms with E-state index in [4.69, 9.17) is 14.5 Å². The first-order valence-corrected chi connectivity index (χ1v) is 9.21. The van der Waals surface area contributed by atoms with Crippen molar-refractivity contribution >= 4 is 11.4 Å². The van der Waals surface area contributed by atoms with Gasteiger partial charge in [0, 0.05) is 29.2 Å². The topological polar surface area (TPSA) is 74.0 Å². The van der Waals surface area contributed by atoms with Gasteiger partial charge in [-0.25, -0.2) is 0 Å². The van der Waals surface area contributed by atoms with Gasteiger partial charge in [-0.05, 0) is 42.7 Å². The molecule has 0 spiro atoms. The summed E-state index contributed by atoms with van der Waals surface area (Å²) >= 11 is 0. The van der Waals surface area contributed by atoms with Crippen LogP contribution >= 0.6 is 0 Å². The Hall–Kier alpha value is -2.89. The highest BCUT2D eigenvalue weighted by atomic mass is 16.6. The van der Waals surface area contributed by atoms with Crippen LogP contribution in [0.5, 0.6) is 11.5 Å². The summed E-state index contributed by atoms with van der Waals surface area (Å²) in [5.41, 5.74) is 4.12. The zero-order chi connectivity index (χ0) is 19.0. The predicted octanol–water partition coefficient (Wildman–Crippen LogP) is 4.49. The first kappa shape index (κ1) is 17.5. The van der Waals surface area contributed by atoms with Gasteiger partial charge in [-0.3, -0.25) is 15.1 Å². The molecule has 2 aromatic rings. The van der Waals surface area contributed by atoms with E-state index < -0.39 is 0 Å². The number of benzene rings is 2. The molecule has 6 nitrogen and oxygen atoms in total. The molecule has 1 aliphatic heterocycles. The van der Waals surface area contributed by atoms with E-state index in [9.17, 15) is 10.1 Å². The van der Waals surface area contributed by atoms with Gasteiger partial charge in [0.05, 0.1) is 30.9 Å². The highest BCUT2D eigenvalue weighted by molar-refractivity contribution is 6.15. The van der Waals surface area contributed by atoms with Crippen LogP contribution < -0.4 is 9.47 Å². The second-order valence-corrected chi connectivity index (χ2v) is 7.03. The maximum absolute atomic E-state index is 11.0. The lowest BCUT2D eigenvalue weighted by Gasteiger charge is -2.35. The molecule has 0 N–H and O–H groups in total. The van der Waals surface area contributed by atoms with Crippen LogP contribution in [0.2, 0.25) is 0 Å². The van der Waals surface area contributed by atoms with Crippen molar-refractivity contribution in [3.8, 4) is 11.5 Å². The average molecular weight is 366 g/mol. The van der Waals surface area contributed by atoms with Crippen LogP contribution in [0.1, 0.15) is 48.3 Å². The van der Waals surface area contributed by atoms with Gasteiger partial charge in [-0.2, -0.15) is 0 Å². The monoisotopic (exact) mass is 366 g/mol. The van der Waals surface area contributed by atoms with E-state index in [0.717, 1.165) is 35.4 Å². The smallest absolute Gasteiger partial charge is 0.269 e. The summed E-state index contributed by atoms with van der Waals surface area (Å²) in [6.07, 6.45) is 4.57. The number of hydrogen-bond donors (Lipinski definition) is 0. The van der Waals surface area contributed by atoms with Crippen molar-refractivity contribution in [3.05, 3.63) is 63.2 Å². The van der Waals surface area contributed by atoms with Gasteiger partial charge in [-0.1, -0.05) is 12.8 Å². The summed E-state index contributed by atoms with van der Waals surface area (Å²) in [6, 6.07) is 10.9. The number of methoxy groups -OCH3 is 2. The Labute approximate surface area is 158 Å². The molecule has 2 aliphatic rings. The third-order valence-corrected chi connectivity index (χ3v) is 5.59. The fourth-order valence-electron chi connectivity index (χ4n) is 4.24. The molecule has 0 radical (unpaired) electrons. The molecule has 2 aromatic carbocycles. The van der Waals surface area contributed by atoms with Crippen molar-refractivity contribution in [1.82, 2.24) is 0 Å². The number of hydrogen-bond acceptors (Lipinski definition) is 5. The summed E-state index contributed by atoms with van der Waals surface area (Å²) in [7, 11) is 3.27. The fourth-order valence-corrected chi connectivity index (χ4v) is 4.24. The number of nitro groups is 1. The molecule has 0 bridgehead atoms. The molecule has 1 fully saturated rings. The van der Waals surface area contributed by atoms with Gasteiger partial charge in [0.15, 0.2) is 11.5 Å². The van der Waals surface area contributed by atoms with Crippen molar-refractivity contribution in [2.75, 3.05) is 14.2 Å². The van der Waals surface area contributed by atoms with Crippen molar-refractivity contribution in [2.24, 2.45) is 4.99 Å². The molecule has 0 unspecified atom stereocenters. The molecule has 140 valence electrons. The number of non-ortho nitro benzene ring substituents is 1. The van der Waals surface area contributed by atoms with Crippen LogP contribution in [0.25, 0.3) is 0 Å². The van der Waals surface area contributed by atoms with Crippen molar-refractivity contribution in [2.45, 2.75) is 37.6 Å². The largest absolute Gasteiger partial charge is 0.493 e. The Morgan fingerprint density at radius 1 is 1.04 bits per heavy atom. The van der Waals surface area contributed by atoms with Crippen LogP contribution in [0.3, 0.4) is 0 Å². The SMILES string of the molecule is COc1cc2c(cc1OC)[C@H]1CCCC[C@H]1N=C2c1ccc([N+](=O)[O-])cc1. The molecule has 0 amide bonds. The predicted molar refractivity (Wildman–Crippen MR) is 103 cm³/mol. The summed E-state index contributed by atoms with van der Waals surface area (Å²) in [6.45, 7) is 0. The fraction of sp³-hybridized carbons (Fsp3) is 0.381. The molecule has 1 saturated carbocycles. The van der Waals surface area contributed by atoms with Gasteiger partial charge in [-0.15, -0.1) is 0 Å². The molecule has 4 rings (SSSR count). The minimum atomic E-state index is -0.383. The van der Waals surface area contributed by atoms with E-state index >= 15 is 0 Å². The van der Waals surface area contributed by atoms with Crippen LogP contribution in [-0.4, -0.2) is 30.9 Å². The molecule has 1 heterocycles. The van der Waals surface area contributed by atoms with Crippen LogP contribution in [0, 0.1) is 10.1 Å². The minimum absolute atomic E-state index is 0.0817. The molecule has 6 heteroatoms. The Morgan fingerprint density at radius 2 is 1.70 bits per heavy atom. The van der Waals surface area contributed by atoms with Crippen LogP contribution in [-0.2, 0) is 0 Å². The summed E-state index contributed by atoms with van der Waals surface area (Å²) < 4.78 is 11.0. The summed E-state index contributed by atoms with van der Waals surface area (Å²) in [5.74, 6) is 1.78. The Morgan fingerprint density at radius 3 is 2.37 bits per heavy atom. The maximum Gasteiger partial charge on any atom is 0.269 e. The lowest BCUT2D eigenvalue weighted by atomic mass is 9.75. The van der Waals surface area contributed by atoms with Crippen molar-refractivity contribution in [1.29, 1.82) is 0 Å². The van der Waals surface area contributed by atoms with Gasteiger partial charge >= 0.3 is 0 Å². The van der Waals surface area contributed by atoms with Gasteiger partial charge < -0.3 is 9.47 Å². The number of nitrogens with zero attached hydrogens (tertiary/aromatic N) is 2. The van der Waals surface area contributed by atoms with Gasteiger partial charge in [0.2, 0.25) is 0 Å². The van der Waals surface area contributed by atoms with Crippen molar-refractivity contribution < 1.29 is 14.4 Å². The van der Waals surface area contributed by atoms with E-state index in [1.807, 2.05) is 6.07 Å². The summed E-state index contributed by atoms with van der Waals surface area (Å²) in [5, 5.41) is 11.0. The number of aliphatic imine (C=N–C) groups is 1. The Kier molecular flexibility index (Phi) is 4.56. The van der Waals surface area contributed by atoms with E-state index in [1.165, 1.54) is 30.5 Å². The summed E-state index contributed by atoms with van der Waals surface area (Å²) in [4.78, 5) is 15.7. The molecule has 27 heavy (non-hydrogen) atoms. The number of fused-ring (bicyclic) bond motifs is 3. The Bertz CT molecular complexity index is 905. The highest BCUT2D eigenvalue weighted by Gasteiger charge is 2.34. The zero-order valence-electron chi connectivity index (χ0n) is 15.5. The maximum atomic E-state index is 11.0. The molecular weight excluding hydrogens is 344 g/mol. The highest BCUT2D eigenvalue weighted by Crippen LogP contribution is 2.44. The van der Waals surface area contributed by atoms with E-state index in [-0.39, 0.29) is 16.7 Å². The van der Waals surface area contributed by atoms with E-state index in [0.29, 0.717) is 11.7 Å². The first-order chi connectivity index (χ1) is 13.1. The normalized spacial score (nSPS) is 20.9. The second-order valence-electron chi connectivity index (χ2n) is 7.03. The molecular formula is C21H22N2O4. The molecule has 0 saturated heterocycles. The first-order valence-electron chi connectivity index (χ1n) is 9.21. The molecule has 2 atom stereocenters. The lowest BCUT2D eigenvalue weighted by Crippen LogP contribution is -2.29. The quantitative estimate of drug-likeness (QED) is 0.590. The zero-order valence-corrected chi connectivity index (χ0v) is 15.5.